The molecular weight excluding hydrogens is 296 g/mol. The second-order valence-corrected chi connectivity index (χ2v) is 7.08. The SMILES string of the molecule is CNC(=O)C(CCSC)NS(=O)(=O)c1ccc(C)cc1. The Bertz CT molecular complexity index is 541. The van der Waals surface area contributed by atoms with Gasteiger partial charge in [0.25, 0.3) is 0 Å². The molecule has 0 aromatic heterocycles. The van der Waals surface area contributed by atoms with Gasteiger partial charge in [-0.05, 0) is 37.5 Å². The van der Waals surface area contributed by atoms with Crippen LogP contribution in [0.25, 0.3) is 0 Å². The Morgan fingerprint density at radius 1 is 1.30 bits per heavy atom. The molecule has 0 aliphatic rings. The number of nitrogens with one attached hydrogen (secondary N) is 2. The zero-order chi connectivity index (χ0) is 15.2. The number of benzene rings is 1. The predicted octanol–water partition coefficient (Wildman–Crippen LogP) is 1.14. The maximum Gasteiger partial charge on any atom is 0.241 e. The van der Waals surface area contributed by atoms with Crippen LogP contribution in [0.3, 0.4) is 0 Å². The maximum atomic E-state index is 12.2. The van der Waals surface area contributed by atoms with Gasteiger partial charge in [-0.1, -0.05) is 17.7 Å². The Morgan fingerprint density at radius 2 is 1.90 bits per heavy atom. The molecule has 1 unspecified atom stereocenters. The van der Waals surface area contributed by atoms with Crippen molar-refractivity contribution in [3.8, 4) is 0 Å². The van der Waals surface area contributed by atoms with Crippen molar-refractivity contribution < 1.29 is 13.2 Å². The smallest absolute Gasteiger partial charge is 0.241 e. The average Bonchev–Trinajstić information content (AvgIpc) is 2.43. The summed E-state index contributed by atoms with van der Waals surface area (Å²) in [4.78, 5) is 11.9. The van der Waals surface area contributed by atoms with E-state index in [0.717, 1.165) is 5.56 Å². The quantitative estimate of drug-likeness (QED) is 0.791. The van der Waals surface area contributed by atoms with Crippen LogP contribution in [0, 0.1) is 6.92 Å². The van der Waals surface area contributed by atoms with E-state index in [4.69, 9.17) is 0 Å². The second kappa shape index (κ2) is 7.66. The highest BCUT2D eigenvalue weighted by Gasteiger charge is 2.24. The fourth-order valence-electron chi connectivity index (χ4n) is 1.63. The molecule has 0 bridgehead atoms. The third-order valence-corrected chi connectivity index (χ3v) is 4.93. The molecule has 0 saturated carbocycles. The van der Waals surface area contributed by atoms with Gasteiger partial charge in [0.15, 0.2) is 0 Å². The fraction of sp³-hybridized carbons (Fsp3) is 0.462. The molecule has 2 N–H and O–H groups in total. The van der Waals surface area contributed by atoms with Crippen LogP contribution in [-0.4, -0.2) is 39.4 Å². The highest BCUT2D eigenvalue weighted by molar-refractivity contribution is 7.98. The van der Waals surface area contributed by atoms with Crippen LogP contribution in [0.4, 0.5) is 0 Å². The summed E-state index contributed by atoms with van der Waals surface area (Å²) in [7, 11) is -2.19. The van der Waals surface area contributed by atoms with Crippen molar-refractivity contribution in [1.29, 1.82) is 0 Å². The molecule has 1 aromatic rings. The van der Waals surface area contributed by atoms with Crippen molar-refractivity contribution in [3.63, 3.8) is 0 Å². The molecule has 0 fully saturated rings. The van der Waals surface area contributed by atoms with Crippen LogP contribution in [0.1, 0.15) is 12.0 Å². The summed E-state index contributed by atoms with van der Waals surface area (Å²) < 4.78 is 26.9. The lowest BCUT2D eigenvalue weighted by Crippen LogP contribution is -2.45. The number of amides is 1. The van der Waals surface area contributed by atoms with Gasteiger partial charge in [-0.2, -0.15) is 16.5 Å². The van der Waals surface area contributed by atoms with Crippen LogP contribution >= 0.6 is 11.8 Å². The van der Waals surface area contributed by atoms with Crippen molar-refractivity contribution in [2.75, 3.05) is 19.1 Å². The molecule has 5 nitrogen and oxygen atoms in total. The highest BCUT2D eigenvalue weighted by Crippen LogP contribution is 2.12. The fourth-order valence-corrected chi connectivity index (χ4v) is 3.33. The summed E-state index contributed by atoms with van der Waals surface area (Å²) in [5.41, 5.74) is 0.981. The van der Waals surface area contributed by atoms with E-state index in [2.05, 4.69) is 10.0 Å². The van der Waals surface area contributed by atoms with E-state index in [1.165, 1.54) is 19.2 Å². The van der Waals surface area contributed by atoms with Gasteiger partial charge in [0, 0.05) is 7.05 Å². The zero-order valence-corrected chi connectivity index (χ0v) is 13.5. The van der Waals surface area contributed by atoms with E-state index >= 15 is 0 Å². The zero-order valence-electron chi connectivity index (χ0n) is 11.8. The molecule has 20 heavy (non-hydrogen) atoms. The van der Waals surface area contributed by atoms with E-state index in [-0.39, 0.29) is 10.8 Å². The van der Waals surface area contributed by atoms with Gasteiger partial charge in [0.2, 0.25) is 15.9 Å². The van der Waals surface area contributed by atoms with Crippen LogP contribution in [0.15, 0.2) is 29.2 Å². The lowest BCUT2D eigenvalue weighted by molar-refractivity contribution is -0.122. The molecule has 1 amide bonds. The van der Waals surface area contributed by atoms with Gasteiger partial charge in [-0.3, -0.25) is 4.79 Å². The van der Waals surface area contributed by atoms with E-state index in [1.54, 1.807) is 23.9 Å². The summed E-state index contributed by atoms with van der Waals surface area (Å²) in [6, 6.07) is 5.77. The summed E-state index contributed by atoms with van der Waals surface area (Å²) in [5.74, 6) is 0.379. The Kier molecular flexibility index (Phi) is 6.51. The maximum absolute atomic E-state index is 12.2. The number of hydrogen-bond donors (Lipinski definition) is 2. The van der Waals surface area contributed by atoms with Crippen molar-refractivity contribution in [2.45, 2.75) is 24.3 Å². The summed E-state index contributed by atoms with van der Waals surface area (Å²) in [5, 5.41) is 2.48. The van der Waals surface area contributed by atoms with Gasteiger partial charge >= 0.3 is 0 Å². The molecule has 1 aromatic carbocycles. The molecule has 7 heteroatoms. The summed E-state index contributed by atoms with van der Waals surface area (Å²) >= 11 is 1.57. The highest BCUT2D eigenvalue weighted by atomic mass is 32.2. The first-order chi connectivity index (χ1) is 9.40. The number of carbonyl (C=O) groups is 1. The van der Waals surface area contributed by atoms with Crippen molar-refractivity contribution in [3.05, 3.63) is 29.8 Å². The Morgan fingerprint density at radius 3 is 2.40 bits per heavy atom. The third kappa shape index (κ3) is 4.81. The second-order valence-electron chi connectivity index (χ2n) is 4.38. The first kappa shape index (κ1) is 17.0. The molecule has 0 aliphatic carbocycles. The molecule has 0 spiro atoms. The average molecular weight is 316 g/mol. The number of aryl methyl sites for hydroxylation is 1. The first-order valence-corrected chi connectivity index (χ1v) is 9.08. The van der Waals surface area contributed by atoms with E-state index in [9.17, 15) is 13.2 Å². The number of likely N-dealkylation sites (N-methyl/N-ethyl adjacent to an activating group) is 1. The predicted molar refractivity (Wildman–Crippen MR) is 82.4 cm³/mol. The minimum atomic E-state index is -3.68. The first-order valence-electron chi connectivity index (χ1n) is 6.20. The van der Waals surface area contributed by atoms with Crippen molar-refractivity contribution in [2.24, 2.45) is 0 Å². The Balaban J connectivity index is 2.90. The molecule has 112 valence electrons. The molecule has 0 saturated heterocycles. The topological polar surface area (TPSA) is 75.3 Å². The number of sulfonamides is 1. The number of thioether (sulfide) groups is 1. The molecule has 0 aliphatic heterocycles. The number of carbonyl (C=O) groups excluding carboxylic acids is 1. The normalized spacial score (nSPS) is 12.9. The Hall–Kier alpha value is -1.05. The van der Waals surface area contributed by atoms with Gasteiger partial charge in [0.1, 0.15) is 6.04 Å². The van der Waals surface area contributed by atoms with Gasteiger partial charge in [0.05, 0.1) is 4.90 Å². The number of rotatable bonds is 7. The third-order valence-electron chi connectivity index (χ3n) is 2.80. The monoisotopic (exact) mass is 316 g/mol. The molecule has 1 rings (SSSR count). The van der Waals surface area contributed by atoms with E-state index in [1.807, 2.05) is 13.2 Å². The van der Waals surface area contributed by atoms with E-state index < -0.39 is 16.1 Å². The van der Waals surface area contributed by atoms with E-state index in [0.29, 0.717) is 12.2 Å². The van der Waals surface area contributed by atoms with Crippen molar-refractivity contribution >= 4 is 27.7 Å². The minimum Gasteiger partial charge on any atom is -0.358 e. The number of hydrogen-bond acceptors (Lipinski definition) is 4. The Labute approximate surface area is 124 Å². The van der Waals surface area contributed by atoms with Gasteiger partial charge in [-0.25, -0.2) is 8.42 Å². The molecular formula is C13H20N2O3S2. The minimum absolute atomic E-state index is 0.168. The van der Waals surface area contributed by atoms with Crippen LogP contribution in [0.2, 0.25) is 0 Å². The summed E-state index contributed by atoms with van der Waals surface area (Å²) in [6.07, 6.45) is 2.36. The molecule has 0 radical (unpaired) electrons. The van der Waals surface area contributed by atoms with Crippen LogP contribution in [0.5, 0.6) is 0 Å². The van der Waals surface area contributed by atoms with Crippen LogP contribution in [-0.2, 0) is 14.8 Å². The van der Waals surface area contributed by atoms with Gasteiger partial charge < -0.3 is 5.32 Å². The lowest BCUT2D eigenvalue weighted by atomic mass is 10.2. The standard InChI is InChI=1S/C13H20N2O3S2/c1-10-4-6-11(7-5-10)20(17,18)15-12(8-9-19-3)13(16)14-2/h4-7,12,15H,8-9H2,1-3H3,(H,14,16). The molecule has 0 heterocycles. The van der Waals surface area contributed by atoms with Gasteiger partial charge in [-0.15, -0.1) is 0 Å². The van der Waals surface area contributed by atoms with Crippen molar-refractivity contribution in [1.82, 2.24) is 10.0 Å². The lowest BCUT2D eigenvalue weighted by Gasteiger charge is -2.17. The largest absolute Gasteiger partial charge is 0.358 e. The summed E-state index contributed by atoms with van der Waals surface area (Å²) in [6.45, 7) is 1.88. The van der Waals surface area contributed by atoms with Crippen LogP contribution < -0.4 is 10.0 Å². The molecule has 1 atom stereocenters.